The van der Waals surface area contributed by atoms with Gasteiger partial charge in [-0.05, 0) is 132 Å². The fourth-order valence-corrected chi connectivity index (χ4v) is 10.3. The van der Waals surface area contributed by atoms with Crippen molar-refractivity contribution >= 4 is 37.5 Å². The number of hydrogen-bond acceptors (Lipinski definition) is 5. The van der Waals surface area contributed by atoms with E-state index in [-0.39, 0.29) is 45.8 Å². The molecule has 4 aliphatic carbocycles. The molecule has 0 aromatic carbocycles. The molecule has 6 heteroatoms. The number of carbonyl (C=O) groups excluding carboxylic acids is 2. The smallest absolute Gasteiger partial charge is 0.306 e. The largest absolute Gasteiger partial charge is 0.465 e. The molecular weight excluding hydrogens is 637 g/mol. The molecule has 8 atom stereocenters. The van der Waals surface area contributed by atoms with E-state index in [9.17, 15) is 9.59 Å². The van der Waals surface area contributed by atoms with Crippen LogP contribution in [0, 0.1) is 52.3 Å². The number of carbonyl (C=O) groups is 2. The van der Waals surface area contributed by atoms with Gasteiger partial charge in [-0.25, -0.2) is 0 Å². The summed E-state index contributed by atoms with van der Waals surface area (Å²) >= 11 is -0.230. The minimum Gasteiger partial charge on any atom is -0.465 e. The van der Waals surface area contributed by atoms with Gasteiger partial charge in [0.15, 0.2) is 0 Å². The van der Waals surface area contributed by atoms with Crippen LogP contribution in [0.25, 0.3) is 0 Å². The lowest BCUT2D eigenvalue weighted by Gasteiger charge is -2.58. The van der Waals surface area contributed by atoms with Gasteiger partial charge in [0.2, 0.25) is 0 Å². The Labute approximate surface area is 267 Å². The first kappa shape index (κ1) is 34.1. The second-order valence-corrected chi connectivity index (χ2v) is 17.6. The Bertz CT molecular complexity index is 979. The standard InChI is InChI=1S/C36H60INO4/c1-25(2)9-8-10-26(3)30-13-14-31-29-12-11-28-23-27(17-19-35(28,4)32(29)18-20-36(30,31)5)24-42-34(40)16-15-33(39)41-22-21-38(7)37-6/h11,25-27,29-32H,6,8-10,12-24H2,1-5,7H3/t26?,27-,29?,30?,31?,32?,35?,36?/m0/s1. The summed E-state index contributed by atoms with van der Waals surface area (Å²) in [6, 6.07) is 0. The molecule has 42 heavy (non-hydrogen) atoms. The SMILES string of the molecule is C=IN(C)CCOC(=O)CCC(=O)OC[C@H]1CCC2(C)C(=CCC3C2CCC2(C)C(C(C)CCCC(C)C)CCC32)C1. The van der Waals surface area contributed by atoms with Gasteiger partial charge in [-0.1, -0.05) is 70.0 Å². The first-order chi connectivity index (χ1) is 20.0. The predicted molar refractivity (Wildman–Crippen MR) is 181 cm³/mol. The maximum absolute atomic E-state index is 12.4. The van der Waals surface area contributed by atoms with Gasteiger partial charge in [-0.15, -0.1) is 0 Å². The van der Waals surface area contributed by atoms with Crippen LogP contribution in [0.4, 0.5) is 0 Å². The maximum atomic E-state index is 12.4. The van der Waals surface area contributed by atoms with Crippen molar-refractivity contribution in [2.24, 2.45) is 52.3 Å². The molecule has 0 radical (unpaired) electrons. The molecule has 4 rings (SSSR count). The Hall–Kier alpha value is -0.760. The summed E-state index contributed by atoms with van der Waals surface area (Å²) < 4.78 is 16.9. The lowest BCUT2D eigenvalue weighted by molar-refractivity contribution is -0.151. The third-order valence-electron chi connectivity index (χ3n) is 12.3. The van der Waals surface area contributed by atoms with E-state index in [1.165, 1.54) is 57.8 Å². The molecule has 7 unspecified atom stereocenters. The average molecular weight is 698 g/mol. The van der Waals surface area contributed by atoms with Crippen molar-refractivity contribution in [2.75, 3.05) is 26.8 Å². The molecule has 0 heterocycles. The molecule has 0 bridgehead atoms. The van der Waals surface area contributed by atoms with Crippen molar-refractivity contribution in [2.45, 2.75) is 118 Å². The molecule has 240 valence electrons. The summed E-state index contributed by atoms with van der Waals surface area (Å²) in [6.07, 6.45) is 17.4. The molecule has 0 N–H and O–H groups in total. The van der Waals surface area contributed by atoms with E-state index < -0.39 is 0 Å². The fourth-order valence-electron chi connectivity index (χ4n) is 9.81. The van der Waals surface area contributed by atoms with E-state index in [1.54, 1.807) is 5.57 Å². The van der Waals surface area contributed by atoms with Crippen LogP contribution in [0.1, 0.15) is 118 Å². The number of likely N-dealkylation sites (N-methyl/N-ethyl adjacent to an activating group) is 1. The molecule has 3 fully saturated rings. The van der Waals surface area contributed by atoms with Crippen LogP contribution in [-0.2, 0) is 19.1 Å². The van der Waals surface area contributed by atoms with Crippen LogP contribution in [0.2, 0.25) is 0 Å². The van der Waals surface area contributed by atoms with Crippen LogP contribution in [0.3, 0.4) is 0 Å². The Balaban J connectivity index is 1.26. The average Bonchev–Trinajstić information content (AvgIpc) is 3.31. The summed E-state index contributed by atoms with van der Waals surface area (Å²) in [5.74, 6) is 4.93. The molecule has 0 spiro atoms. The van der Waals surface area contributed by atoms with Crippen LogP contribution in [-0.4, -0.2) is 46.4 Å². The minimum absolute atomic E-state index is 0.0938. The van der Waals surface area contributed by atoms with Crippen molar-refractivity contribution < 1.29 is 19.1 Å². The molecule has 5 nitrogen and oxygen atoms in total. The van der Waals surface area contributed by atoms with E-state index in [2.05, 4.69) is 48.3 Å². The van der Waals surface area contributed by atoms with Gasteiger partial charge in [0.1, 0.15) is 6.61 Å². The molecule has 0 amide bonds. The summed E-state index contributed by atoms with van der Waals surface area (Å²) in [6.45, 7) is 14.1. The summed E-state index contributed by atoms with van der Waals surface area (Å²) in [4.78, 5) is 24.4. The fraction of sp³-hybridized carbons (Fsp3) is 0.861. The number of nitrogens with zero attached hydrogens (tertiary/aromatic N) is 1. The number of esters is 2. The predicted octanol–water partition coefficient (Wildman–Crippen LogP) is 8.76. The summed E-state index contributed by atoms with van der Waals surface area (Å²) in [5, 5.41) is 0. The van der Waals surface area contributed by atoms with Gasteiger partial charge in [0.25, 0.3) is 0 Å². The highest BCUT2D eigenvalue weighted by molar-refractivity contribution is 14.2. The van der Waals surface area contributed by atoms with Crippen molar-refractivity contribution in [3.63, 3.8) is 0 Å². The number of fused-ring (bicyclic) bond motifs is 5. The van der Waals surface area contributed by atoms with E-state index in [0.29, 0.717) is 36.5 Å². The van der Waals surface area contributed by atoms with E-state index in [0.717, 1.165) is 48.3 Å². The van der Waals surface area contributed by atoms with Crippen LogP contribution in [0.15, 0.2) is 11.6 Å². The zero-order chi connectivity index (χ0) is 30.5. The second kappa shape index (κ2) is 15.0. The first-order valence-corrected chi connectivity index (χ1v) is 19.6. The molecule has 0 saturated heterocycles. The third-order valence-corrected chi connectivity index (χ3v) is 13.9. The quantitative estimate of drug-likeness (QED) is 0.0787. The Morgan fingerprint density at radius 2 is 1.76 bits per heavy atom. The maximum Gasteiger partial charge on any atom is 0.306 e. The lowest BCUT2D eigenvalue weighted by Crippen LogP contribution is -2.50. The third kappa shape index (κ3) is 7.90. The van der Waals surface area contributed by atoms with Crippen LogP contribution in [0.5, 0.6) is 0 Å². The van der Waals surface area contributed by atoms with E-state index >= 15 is 0 Å². The van der Waals surface area contributed by atoms with Crippen molar-refractivity contribution in [1.82, 2.24) is 3.11 Å². The zero-order valence-electron chi connectivity index (χ0n) is 27.6. The highest BCUT2D eigenvalue weighted by atomic mass is 127. The molecule has 4 aliphatic rings. The van der Waals surface area contributed by atoms with Gasteiger partial charge in [-0.3, -0.25) is 12.7 Å². The molecule has 3 saturated carbocycles. The van der Waals surface area contributed by atoms with Crippen molar-refractivity contribution in [1.29, 1.82) is 0 Å². The molecule has 0 aromatic rings. The van der Waals surface area contributed by atoms with E-state index in [4.69, 9.17) is 9.47 Å². The monoisotopic (exact) mass is 697 g/mol. The highest BCUT2D eigenvalue weighted by Gasteiger charge is 2.59. The number of halogens is 1. The Morgan fingerprint density at radius 1 is 1.02 bits per heavy atom. The van der Waals surface area contributed by atoms with Gasteiger partial charge < -0.3 is 9.47 Å². The van der Waals surface area contributed by atoms with Crippen LogP contribution >= 0.6 is 21.0 Å². The molecular formula is C36H60INO4. The minimum atomic E-state index is -0.323. The van der Waals surface area contributed by atoms with E-state index in [1.807, 2.05) is 7.05 Å². The number of allylic oxidation sites excluding steroid dienone is 2. The summed E-state index contributed by atoms with van der Waals surface area (Å²) in [5.41, 5.74) is 2.50. The van der Waals surface area contributed by atoms with Crippen LogP contribution < -0.4 is 0 Å². The van der Waals surface area contributed by atoms with Crippen molar-refractivity contribution in [3.8, 4) is 0 Å². The van der Waals surface area contributed by atoms with Gasteiger partial charge in [0, 0.05) is 6.54 Å². The first-order valence-electron chi connectivity index (χ1n) is 17.1. The second-order valence-electron chi connectivity index (χ2n) is 15.2. The summed E-state index contributed by atoms with van der Waals surface area (Å²) in [7, 11) is 1.98. The Kier molecular flexibility index (Phi) is 12.2. The highest BCUT2D eigenvalue weighted by Crippen LogP contribution is 2.67. The van der Waals surface area contributed by atoms with Crippen molar-refractivity contribution in [3.05, 3.63) is 11.6 Å². The van der Waals surface area contributed by atoms with Gasteiger partial charge >= 0.3 is 11.9 Å². The number of rotatable bonds is 14. The van der Waals surface area contributed by atoms with Gasteiger partial charge in [-0.2, -0.15) is 0 Å². The number of ether oxygens (including phenoxy) is 2. The normalized spacial score (nSPS) is 34.8. The Morgan fingerprint density at radius 3 is 2.48 bits per heavy atom. The lowest BCUT2D eigenvalue weighted by atomic mass is 9.46. The topological polar surface area (TPSA) is 55.8 Å². The number of hydrogen-bond donors (Lipinski definition) is 0. The zero-order valence-corrected chi connectivity index (χ0v) is 29.8. The molecule has 0 aromatic heterocycles. The van der Waals surface area contributed by atoms with Gasteiger partial charge in [0.05, 0.1) is 19.4 Å². The molecule has 0 aliphatic heterocycles.